The summed E-state index contributed by atoms with van der Waals surface area (Å²) in [5.41, 5.74) is 1.32. The summed E-state index contributed by atoms with van der Waals surface area (Å²) < 4.78 is 0. The number of aromatic nitrogens is 1. The van der Waals surface area contributed by atoms with Gasteiger partial charge in [0.25, 0.3) is 0 Å². The highest BCUT2D eigenvalue weighted by molar-refractivity contribution is 5.45. The van der Waals surface area contributed by atoms with Gasteiger partial charge in [-0.15, -0.1) is 0 Å². The van der Waals surface area contributed by atoms with E-state index in [1.165, 1.54) is 31.5 Å². The maximum atomic E-state index is 4.07. The lowest BCUT2D eigenvalue weighted by molar-refractivity contribution is 0.563. The van der Waals surface area contributed by atoms with Gasteiger partial charge in [-0.25, -0.2) is 0 Å². The molecule has 0 amide bonds. The van der Waals surface area contributed by atoms with Crippen molar-refractivity contribution in [3.05, 3.63) is 24.5 Å². The summed E-state index contributed by atoms with van der Waals surface area (Å²) in [5, 5.41) is 3.70. The van der Waals surface area contributed by atoms with E-state index in [-0.39, 0.29) is 0 Å². The summed E-state index contributed by atoms with van der Waals surface area (Å²) in [6, 6.07) is 5.69. The molecule has 1 aromatic rings. The number of hydrogen-bond donors (Lipinski definition) is 1. The zero-order valence-electron chi connectivity index (χ0n) is 8.89. The van der Waals surface area contributed by atoms with Crippen LogP contribution in [0.15, 0.2) is 24.5 Å². The normalized spacial score (nSPS) is 30.3. The molecule has 2 aliphatic rings. The second-order valence-electron chi connectivity index (χ2n) is 4.58. The predicted octanol–water partition coefficient (Wildman–Crippen LogP) is 1.41. The molecule has 80 valence electrons. The van der Waals surface area contributed by atoms with Crippen molar-refractivity contribution >= 4 is 5.69 Å². The zero-order chi connectivity index (χ0) is 10.1. The molecule has 0 spiro atoms. The van der Waals surface area contributed by atoms with Gasteiger partial charge in [-0.2, -0.15) is 0 Å². The molecule has 2 saturated heterocycles. The highest BCUT2D eigenvalue weighted by Gasteiger charge is 2.29. The standard InChI is InChI=1S/C12H17N3/c1-2-11-9-15(8-5-10(1)14-11)12-3-6-13-7-4-12/h3-4,6-7,10-11,14H,1-2,5,8-9H2. The van der Waals surface area contributed by atoms with E-state index in [9.17, 15) is 0 Å². The van der Waals surface area contributed by atoms with Crippen LogP contribution in [-0.4, -0.2) is 30.2 Å². The fraction of sp³-hybridized carbons (Fsp3) is 0.583. The molecule has 0 aliphatic carbocycles. The van der Waals surface area contributed by atoms with E-state index in [1.54, 1.807) is 0 Å². The molecule has 2 unspecified atom stereocenters. The molecule has 0 aromatic carbocycles. The predicted molar refractivity (Wildman–Crippen MR) is 61.0 cm³/mol. The Hall–Kier alpha value is -1.09. The van der Waals surface area contributed by atoms with E-state index in [1.807, 2.05) is 12.4 Å². The van der Waals surface area contributed by atoms with Gasteiger partial charge in [0.05, 0.1) is 0 Å². The number of pyridine rings is 1. The van der Waals surface area contributed by atoms with Gasteiger partial charge in [-0.3, -0.25) is 4.98 Å². The first-order valence-corrected chi connectivity index (χ1v) is 5.83. The summed E-state index contributed by atoms with van der Waals surface area (Å²) in [7, 11) is 0. The van der Waals surface area contributed by atoms with E-state index in [0.29, 0.717) is 6.04 Å². The summed E-state index contributed by atoms with van der Waals surface area (Å²) >= 11 is 0. The van der Waals surface area contributed by atoms with Crippen molar-refractivity contribution in [2.24, 2.45) is 0 Å². The van der Waals surface area contributed by atoms with Crippen LogP contribution in [0.3, 0.4) is 0 Å². The highest BCUT2D eigenvalue weighted by Crippen LogP contribution is 2.23. The third-order valence-electron chi connectivity index (χ3n) is 3.55. The fourth-order valence-electron chi connectivity index (χ4n) is 2.73. The van der Waals surface area contributed by atoms with Gasteiger partial charge < -0.3 is 10.2 Å². The number of nitrogens with one attached hydrogen (secondary N) is 1. The van der Waals surface area contributed by atoms with Gasteiger partial charge in [-0.1, -0.05) is 0 Å². The van der Waals surface area contributed by atoms with Crippen LogP contribution >= 0.6 is 0 Å². The first kappa shape index (κ1) is 9.16. The minimum Gasteiger partial charge on any atom is -0.370 e. The molecule has 2 fully saturated rings. The summed E-state index contributed by atoms with van der Waals surface area (Å²) in [6.07, 6.45) is 7.75. The van der Waals surface area contributed by atoms with Crippen molar-refractivity contribution in [3.63, 3.8) is 0 Å². The molecule has 3 nitrogen and oxygen atoms in total. The Bertz CT molecular complexity index is 325. The van der Waals surface area contributed by atoms with E-state index < -0.39 is 0 Å². The third kappa shape index (κ3) is 1.84. The molecule has 0 radical (unpaired) electrons. The van der Waals surface area contributed by atoms with Gasteiger partial charge >= 0.3 is 0 Å². The van der Waals surface area contributed by atoms with Crippen LogP contribution in [0.1, 0.15) is 19.3 Å². The maximum absolute atomic E-state index is 4.07. The molecule has 3 rings (SSSR count). The second-order valence-corrected chi connectivity index (χ2v) is 4.58. The molecule has 2 atom stereocenters. The largest absolute Gasteiger partial charge is 0.370 e. The molecule has 3 heteroatoms. The minimum atomic E-state index is 0.700. The highest BCUT2D eigenvalue weighted by atomic mass is 15.2. The minimum absolute atomic E-state index is 0.700. The average molecular weight is 203 g/mol. The van der Waals surface area contributed by atoms with Crippen molar-refractivity contribution in [2.45, 2.75) is 31.3 Å². The van der Waals surface area contributed by atoms with Crippen LogP contribution in [0.4, 0.5) is 5.69 Å². The van der Waals surface area contributed by atoms with E-state index in [0.717, 1.165) is 12.6 Å². The number of nitrogens with zero attached hydrogens (tertiary/aromatic N) is 2. The molecule has 15 heavy (non-hydrogen) atoms. The zero-order valence-corrected chi connectivity index (χ0v) is 8.89. The Kier molecular flexibility index (Phi) is 2.33. The van der Waals surface area contributed by atoms with Crippen LogP contribution in [-0.2, 0) is 0 Å². The Morgan fingerprint density at radius 2 is 1.93 bits per heavy atom. The Morgan fingerprint density at radius 3 is 2.80 bits per heavy atom. The summed E-state index contributed by atoms with van der Waals surface area (Å²) in [6.45, 7) is 2.33. The van der Waals surface area contributed by atoms with Crippen molar-refractivity contribution in [2.75, 3.05) is 18.0 Å². The molecule has 2 bridgehead atoms. The van der Waals surface area contributed by atoms with Gasteiger partial charge in [-0.05, 0) is 31.4 Å². The van der Waals surface area contributed by atoms with Gasteiger partial charge in [0.15, 0.2) is 0 Å². The maximum Gasteiger partial charge on any atom is 0.0397 e. The van der Waals surface area contributed by atoms with Crippen LogP contribution < -0.4 is 10.2 Å². The number of rotatable bonds is 1. The topological polar surface area (TPSA) is 28.2 Å². The first-order valence-electron chi connectivity index (χ1n) is 5.83. The van der Waals surface area contributed by atoms with Crippen LogP contribution in [0.5, 0.6) is 0 Å². The summed E-state index contributed by atoms with van der Waals surface area (Å²) in [4.78, 5) is 6.55. The van der Waals surface area contributed by atoms with Crippen LogP contribution in [0, 0.1) is 0 Å². The quantitative estimate of drug-likeness (QED) is 0.748. The smallest absolute Gasteiger partial charge is 0.0397 e. The summed E-state index contributed by atoms with van der Waals surface area (Å²) in [5.74, 6) is 0. The number of anilines is 1. The Balaban J connectivity index is 1.77. The lowest BCUT2D eigenvalue weighted by atomic mass is 10.1. The van der Waals surface area contributed by atoms with Gasteiger partial charge in [0, 0.05) is 43.3 Å². The van der Waals surface area contributed by atoms with E-state index >= 15 is 0 Å². The Morgan fingerprint density at radius 1 is 1.13 bits per heavy atom. The Labute approximate surface area is 90.5 Å². The third-order valence-corrected chi connectivity index (χ3v) is 3.55. The van der Waals surface area contributed by atoms with Crippen molar-refractivity contribution < 1.29 is 0 Å². The van der Waals surface area contributed by atoms with E-state index in [4.69, 9.17) is 0 Å². The van der Waals surface area contributed by atoms with Crippen molar-refractivity contribution in [1.82, 2.24) is 10.3 Å². The average Bonchev–Trinajstić information content (AvgIpc) is 2.60. The molecular weight excluding hydrogens is 186 g/mol. The van der Waals surface area contributed by atoms with Gasteiger partial charge in [0.1, 0.15) is 0 Å². The first-order chi connectivity index (χ1) is 7.42. The number of fused-ring (bicyclic) bond motifs is 2. The molecule has 2 aliphatic heterocycles. The monoisotopic (exact) mass is 203 g/mol. The fourth-order valence-corrected chi connectivity index (χ4v) is 2.73. The molecule has 1 aromatic heterocycles. The van der Waals surface area contributed by atoms with Crippen LogP contribution in [0.25, 0.3) is 0 Å². The molecular formula is C12H17N3. The molecule has 0 saturated carbocycles. The molecule has 1 N–H and O–H groups in total. The lowest BCUT2D eigenvalue weighted by Gasteiger charge is -2.26. The lowest BCUT2D eigenvalue weighted by Crippen LogP contribution is -2.35. The second kappa shape index (κ2) is 3.81. The number of hydrogen-bond acceptors (Lipinski definition) is 3. The van der Waals surface area contributed by atoms with Gasteiger partial charge in [0.2, 0.25) is 0 Å². The SMILES string of the molecule is c1cc(N2CCC3CCC(C2)N3)ccn1. The van der Waals surface area contributed by atoms with Crippen molar-refractivity contribution in [1.29, 1.82) is 0 Å². The van der Waals surface area contributed by atoms with Crippen molar-refractivity contribution in [3.8, 4) is 0 Å². The van der Waals surface area contributed by atoms with E-state index in [2.05, 4.69) is 27.3 Å². The molecule has 3 heterocycles. The van der Waals surface area contributed by atoms with Crippen LogP contribution in [0.2, 0.25) is 0 Å².